The summed E-state index contributed by atoms with van der Waals surface area (Å²) < 4.78 is 13.1. The van der Waals surface area contributed by atoms with E-state index < -0.39 is 0 Å². The van der Waals surface area contributed by atoms with Gasteiger partial charge in [-0.3, -0.25) is 4.79 Å². The van der Waals surface area contributed by atoms with Crippen LogP contribution in [0.3, 0.4) is 0 Å². The zero-order valence-corrected chi connectivity index (χ0v) is 13.2. The molecule has 4 heteroatoms. The fourth-order valence-electron chi connectivity index (χ4n) is 2.36. The van der Waals surface area contributed by atoms with Gasteiger partial charge in [-0.25, -0.2) is 4.39 Å². The second kappa shape index (κ2) is 7.18. The highest BCUT2D eigenvalue weighted by Crippen LogP contribution is 2.13. The van der Waals surface area contributed by atoms with Crippen molar-refractivity contribution in [3.63, 3.8) is 0 Å². The molecular weight excluding hydrogens is 279 g/mol. The Morgan fingerprint density at radius 3 is 2.59 bits per heavy atom. The molecule has 2 rings (SSSR count). The van der Waals surface area contributed by atoms with E-state index in [0.29, 0.717) is 13.1 Å². The molecule has 0 heterocycles. The predicted molar refractivity (Wildman–Crippen MR) is 86.4 cm³/mol. The van der Waals surface area contributed by atoms with Crippen LogP contribution in [0.5, 0.6) is 0 Å². The second-order valence-corrected chi connectivity index (χ2v) is 5.79. The lowest BCUT2D eigenvalue weighted by atomic mass is 10.1. The Hall–Kier alpha value is -2.20. The molecule has 2 aromatic carbocycles. The van der Waals surface area contributed by atoms with Crippen LogP contribution in [0.25, 0.3) is 0 Å². The van der Waals surface area contributed by atoms with E-state index in [2.05, 4.69) is 5.32 Å². The van der Waals surface area contributed by atoms with E-state index in [1.165, 1.54) is 17.7 Å². The lowest BCUT2D eigenvalue weighted by molar-refractivity contribution is -0.885. The zero-order valence-electron chi connectivity index (χ0n) is 13.2. The van der Waals surface area contributed by atoms with Crippen LogP contribution in [-0.2, 0) is 11.3 Å². The maximum atomic E-state index is 13.1. The molecule has 0 aliphatic rings. The number of anilines is 1. The summed E-state index contributed by atoms with van der Waals surface area (Å²) >= 11 is 0. The molecule has 2 N–H and O–H groups in total. The third kappa shape index (κ3) is 4.67. The number of halogens is 1. The van der Waals surface area contributed by atoms with Gasteiger partial charge in [-0.05, 0) is 49.2 Å². The van der Waals surface area contributed by atoms with Crippen molar-refractivity contribution in [2.24, 2.45) is 0 Å². The summed E-state index contributed by atoms with van der Waals surface area (Å²) in [5.41, 5.74) is 4.05. The van der Waals surface area contributed by atoms with E-state index in [1.54, 1.807) is 6.07 Å². The fraction of sp³-hybridized carbons (Fsp3) is 0.278. The molecule has 22 heavy (non-hydrogen) atoms. The molecule has 0 radical (unpaired) electrons. The first-order chi connectivity index (χ1) is 10.4. The summed E-state index contributed by atoms with van der Waals surface area (Å²) in [6.45, 7) is 5.01. The standard InChI is InChI=1S/C18H21FN2O/c1-13-7-8-17(9-14(13)2)20-18(22)12-21(3)11-15-5-4-6-16(19)10-15/h4-10H,11-12H2,1-3H3,(H,20,22)/p+1. The third-order valence-electron chi connectivity index (χ3n) is 3.65. The normalized spacial score (nSPS) is 12.0. The van der Waals surface area contributed by atoms with Crippen LogP contribution in [0.4, 0.5) is 10.1 Å². The monoisotopic (exact) mass is 301 g/mol. The quantitative estimate of drug-likeness (QED) is 0.871. The summed E-state index contributed by atoms with van der Waals surface area (Å²) in [5, 5.41) is 2.90. The lowest BCUT2D eigenvalue weighted by Crippen LogP contribution is -3.08. The number of carbonyl (C=O) groups excluding carboxylic acids is 1. The van der Waals surface area contributed by atoms with Crippen LogP contribution in [0, 0.1) is 19.7 Å². The molecule has 0 aliphatic carbocycles. The van der Waals surface area contributed by atoms with Crippen LogP contribution in [0.1, 0.15) is 16.7 Å². The minimum atomic E-state index is -0.245. The van der Waals surface area contributed by atoms with Gasteiger partial charge in [-0.2, -0.15) is 0 Å². The van der Waals surface area contributed by atoms with E-state index in [0.717, 1.165) is 21.7 Å². The van der Waals surface area contributed by atoms with Crippen molar-refractivity contribution >= 4 is 11.6 Å². The van der Waals surface area contributed by atoms with E-state index in [9.17, 15) is 9.18 Å². The maximum absolute atomic E-state index is 13.1. The number of aryl methyl sites for hydroxylation is 2. The van der Waals surface area contributed by atoms with Crippen molar-refractivity contribution in [1.29, 1.82) is 0 Å². The molecule has 0 saturated heterocycles. The van der Waals surface area contributed by atoms with Crippen molar-refractivity contribution in [3.8, 4) is 0 Å². The molecular formula is C18H22FN2O+. The molecule has 0 bridgehead atoms. The molecule has 0 aliphatic heterocycles. The molecule has 0 saturated carbocycles. The van der Waals surface area contributed by atoms with Gasteiger partial charge in [-0.15, -0.1) is 0 Å². The summed E-state index contributed by atoms with van der Waals surface area (Å²) in [6, 6.07) is 12.3. The van der Waals surface area contributed by atoms with Crippen molar-refractivity contribution in [3.05, 3.63) is 65.0 Å². The minimum absolute atomic E-state index is 0.0443. The van der Waals surface area contributed by atoms with Crippen LogP contribution in [-0.4, -0.2) is 19.5 Å². The van der Waals surface area contributed by atoms with Crippen molar-refractivity contribution in [2.45, 2.75) is 20.4 Å². The average Bonchev–Trinajstić information content (AvgIpc) is 2.42. The van der Waals surface area contributed by atoms with Gasteiger partial charge in [0.15, 0.2) is 6.54 Å². The molecule has 2 aromatic rings. The number of likely N-dealkylation sites (N-methyl/N-ethyl adjacent to an activating group) is 1. The van der Waals surface area contributed by atoms with Gasteiger partial charge in [0, 0.05) is 11.3 Å². The number of hydrogen-bond acceptors (Lipinski definition) is 1. The van der Waals surface area contributed by atoms with Crippen LogP contribution < -0.4 is 10.2 Å². The average molecular weight is 301 g/mol. The number of nitrogens with one attached hydrogen (secondary N) is 2. The molecule has 0 fully saturated rings. The SMILES string of the molecule is Cc1ccc(NC(=O)C[NH+](C)Cc2cccc(F)c2)cc1C. The number of amides is 1. The molecule has 116 valence electrons. The number of rotatable bonds is 5. The van der Waals surface area contributed by atoms with Gasteiger partial charge in [0.1, 0.15) is 12.4 Å². The van der Waals surface area contributed by atoms with Gasteiger partial charge >= 0.3 is 0 Å². The minimum Gasteiger partial charge on any atom is -0.326 e. The first kappa shape index (κ1) is 16.2. The summed E-state index contributed by atoms with van der Waals surface area (Å²) in [7, 11) is 1.92. The van der Waals surface area contributed by atoms with E-state index >= 15 is 0 Å². The Morgan fingerprint density at radius 2 is 1.91 bits per heavy atom. The number of carbonyl (C=O) groups is 1. The molecule has 0 spiro atoms. The van der Waals surface area contributed by atoms with Crippen LogP contribution in [0.15, 0.2) is 42.5 Å². The summed E-state index contributed by atoms with van der Waals surface area (Å²) in [5.74, 6) is -0.290. The largest absolute Gasteiger partial charge is 0.326 e. The van der Waals surface area contributed by atoms with Crippen molar-refractivity contribution < 1.29 is 14.1 Å². The smallest absolute Gasteiger partial charge is 0.279 e. The summed E-state index contributed by atoms with van der Waals surface area (Å²) in [6.07, 6.45) is 0. The zero-order chi connectivity index (χ0) is 16.1. The van der Waals surface area contributed by atoms with Crippen LogP contribution >= 0.6 is 0 Å². The Kier molecular flexibility index (Phi) is 5.28. The van der Waals surface area contributed by atoms with Gasteiger partial charge in [0.05, 0.1) is 7.05 Å². The van der Waals surface area contributed by atoms with Crippen LogP contribution in [0.2, 0.25) is 0 Å². The first-order valence-electron chi connectivity index (χ1n) is 7.37. The van der Waals surface area contributed by atoms with E-state index in [1.807, 2.05) is 45.2 Å². The lowest BCUT2D eigenvalue weighted by Gasteiger charge is -2.14. The predicted octanol–water partition coefficient (Wildman–Crippen LogP) is 2.10. The number of benzene rings is 2. The number of hydrogen-bond donors (Lipinski definition) is 2. The fourth-order valence-corrected chi connectivity index (χ4v) is 2.36. The summed E-state index contributed by atoms with van der Waals surface area (Å²) in [4.78, 5) is 13.1. The Balaban J connectivity index is 1.89. The first-order valence-corrected chi connectivity index (χ1v) is 7.37. The highest BCUT2D eigenvalue weighted by Gasteiger charge is 2.11. The topological polar surface area (TPSA) is 33.5 Å². The molecule has 1 atom stereocenters. The van der Waals surface area contributed by atoms with Gasteiger partial charge in [0.25, 0.3) is 5.91 Å². The third-order valence-corrected chi connectivity index (χ3v) is 3.65. The Bertz CT molecular complexity index is 670. The maximum Gasteiger partial charge on any atom is 0.279 e. The second-order valence-electron chi connectivity index (χ2n) is 5.79. The van der Waals surface area contributed by atoms with Gasteiger partial charge in [-0.1, -0.05) is 18.2 Å². The molecule has 1 amide bonds. The highest BCUT2D eigenvalue weighted by atomic mass is 19.1. The van der Waals surface area contributed by atoms with Gasteiger partial charge < -0.3 is 10.2 Å². The van der Waals surface area contributed by atoms with Crippen molar-refractivity contribution in [1.82, 2.24) is 0 Å². The number of quaternary nitrogens is 1. The van der Waals surface area contributed by atoms with Gasteiger partial charge in [0.2, 0.25) is 0 Å². The molecule has 0 aromatic heterocycles. The van der Waals surface area contributed by atoms with E-state index in [4.69, 9.17) is 0 Å². The highest BCUT2D eigenvalue weighted by molar-refractivity contribution is 5.91. The van der Waals surface area contributed by atoms with E-state index in [-0.39, 0.29) is 11.7 Å². The Morgan fingerprint density at radius 1 is 1.14 bits per heavy atom. The molecule has 1 unspecified atom stereocenters. The molecule has 3 nitrogen and oxygen atoms in total. The Labute approximate surface area is 130 Å². The van der Waals surface area contributed by atoms with Crippen molar-refractivity contribution in [2.75, 3.05) is 18.9 Å².